The van der Waals surface area contributed by atoms with Gasteiger partial charge in [-0.1, -0.05) is 24.3 Å². The van der Waals surface area contributed by atoms with Gasteiger partial charge in [0.25, 0.3) is 0 Å². The minimum Gasteiger partial charge on any atom is -0.342 e. The number of carbonyl (C=O) groups excluding carboxylic acids is 1. The van der Waals surface area contributed by atoms with Gasteiger partial charge in [-0.15, -0.1) is 0 Å². The molecule has 1 atom stereocenters. The summed E-state index contributed by atoms with van der Waals surface area (Å²) in [4.78, 5) is 23.5. The molecular weight excluding hydrogens is 353 g/mol. The monoisotopic (exact) mass is 375 g/mol. The van der Waals surface area contributed by atoms with E-state index in [-0.39, 0.29) is 17.6 Å². The van der Waals surface area contributed by atoms with Crippen LogP contribution in [0.3, 0.4) is 0 Å². The highest BCUT2D eigenvalue weighted by Crippen LogP contribution is 2.28. The Hall–Kier alpha value is -3.08. The second kappa shape index (κ2) is 8.30. The Kier molecular flexibility index (Phi) is 5.42. The van der Waals surface area contributed by atoms with Crippen LogP contribution in [0.4, 0.5) is 4.39 Å². The third-order valence-corrected chi connectivity index (χ3v) is 5.16. The molecule has 28 heavy (non-hydrogen) atoms. The molecule has 1 aliphatic rings. The fourth-order valence-corrected chi connectivity index (χ4v) is 3.72. The Labute approximate surface area is 164 Å². The molecule has 4 nitrogen and oxygen atoms in total. The minimum atomic E-state index is -0.269. The minimum absolute atomic E-state index is 0.124. The number of amides is 1. The van der Waals surface area contributed by atoms with Crippen LogP contribution >= 0.6 is 0 Å². The predicted octanol–water partition coefficient (Wildman–Crippen LogP) is 4.23. The second-order valence-corrected chi connectivity index (χ2v) is 7.17. The van der Waals surface area contributed by atoms with Gasteiger partial charge in [0.05, 0.1) is 12.1 Å². The first-order chi connectivity index (χ1) is 13.7. The third kappa shape index (κ3) is 4.25. The fourth-order valence-electron chi connectivity index (χ4n) is 3.72. The summed E-state index contributed by atoms with van der Waals surface area (Å²) in [6, 6.07) is 16.1. The highest BCUT2D eigenvalue weighted by Gasteiger charge is 2.25. The van der Waals surface area contributed by atoms with Crippen LogP contribution in [0.1, 0.15) is 30.0 Å². The van der Waals surface area contributed by atoms with Crippen molar-refractivity contribution in [3.8, 4) is 11.3 Å². The van der Waals surface area contributed by atoms with Gasteiger partial charge in [0, 0.05) is 42.7 Å². The molecule has 142 valence electrons. The Balaban J connectivity index is 1.49. The van der Waals surface area contributed by atoms with E-state index in [1.165, 1.54) is 12.1 Å². The largest absolute Gasteiger partial charge is 0.342 e. The fraction of sp³-hybridized carbons (Fsp3) is 0.261. The molecule has 3 aromatic rings. The van der Waals surface area contributed by atoms with E-state index in [0.29, 0.717) is 13.0 Å². The summed E-state index contributed by atoms with van der Waals surface area (Å²) in [5.74, 6) is 0.0497. The van der Waals surface area contributed by atoms with Crippen LogP contribution in [0.2, 0.25) is 0 Å². The summed E-state index contributed by atoms with van der Waals surface area (Å²) < 4.78 is 13.6. The molecular formula is C23H22FN3O. The summed E-state index contributed by atoms with van der Waals surface area (Å²) in [5, 5.41) is 0. The van der Waals surface area contributed by atoms with Crippen molar-refractivity contribution in [2.24, 2.45) is 0 Å². The predicted molar refractivity (Wildman–Crippen MR) is 106 cm³/mol. The number of benzene rings is 1. The highest BCUT2D eigenvalue weighted by atomic mass is 19.1. The van der Waals surface area contributed by atoms with Crippen molar-refractivity contribution in [1.29, 1.82) is 0 Å². The van der Waals surface area contributed by atoms with Gasteiger partial charge >= 0.3 is 0 Å². The van der Waals surface area contributed by atoms with E-state index >= 15 is 0 Å². The molecule has 0 aliphatic carbocycles. The smallest absolute Gasteiger partial charge is 0.227 e. The number of aromatic nitrogens is 2. The number of nitrogens with zero attached hydrogens (tertiary/aromatic N) is 3. The van der Waals surface area contributed by atoms with Gasteiger partial charge in [-0.05, 0) is 48.7 Å². The number of hydrogen-bond donors (Lipinski definition) is 0. The zero-order chi connectivity index (χ0) is 19.3. The Morgan fingerprint density at radius 1 is 1.14 bits per heavy atom. The number of likely N-dealkylation sites (tertiary alicyclic amines) is 1. The van der Waals surface area contributed by atoms with E-state index in [2.05, 4.69) is 4.98 Å². The lowest BCUT2D eigenvalue weighted by Gasteiger charge is -2.32. The SMILES string of the molecule is O=C(Cc1cccnc1)N1CCC[C@H](c2cccc(-c3cccc(F)c3)n2)C1. The lowest BCUT2D eigenvalue weighted by atomic mass is 9.93. The van der Waals surface area contributed by atoms with Crippen LogP contribution in [0.25, 0.3) is 11.3 Å². The molecule has 0 saturated carbocycles. The molecule has 1 saturated heterocycles. The zero-order valence-electron chi connectivity index (χ0n) is 15.6. The van der Waals surface area contributed by atoms with Crippen molar-refractivity contribution >= 4 is 5.91 Å². The van der Waals surface area contributed by atoms with Crippen LogP contribution in [0.15, 0.2) is 67.0 Å². The van der Waals surface area contributed by atoms with Gasteiger partial charge in [0.15, 0.2) is 0 Å². The molecule has 0 radical (unpaired) electrons. The van der Waals surface area contributed by atoms with Gasteiger partial charge in [-0.2, -0.15) is 0 Å². The number of hydrogen-bond acceptors (Lipinski definition) is 3. The van der Waals surface area contributed by atoms with Crippen molar-refractivity contribution in [1.82, 2.24) is 14.9 Å². The third-order valence-electron chi connectivity index (χ3n) is 5.16. The van der Waals surface area contributed by atoms with Gasteiger partial charge in [-0.25, -0.2) is 4.39 Å². The van der Waals surface area contributed by atoms with Crippen molar-refractivity contribution < 1.29 is 9.18 Å². The molecule has 4 rings (SSSR count). The average molecular weight is 375 g/mol. The molecule has 0 spiro atoms. The number of rotatable bonds is 4. The number of piperidine rings is 1. The summed E-state index contributed by atoms with van der Waals surface area (Å²) in [6.07, 6.45) is 5.77. The molecule has 1 aromatic carbocycles. The maximum Gasteiger partial charge on any atom is 0.227 e. The molecule has 1 aliphatic heterocycles. The first-order valence-electron chi connectivity index (χ1n) is 9.58. The zero-order valence-corrected chi connectivity index (χ0v) is 15.6. The van der Waals surface area contributed by atoms with Crippen LogP contribution in [0.5, 0.6) is 0 Å². The Morgan fingerprint density at radius 2 is 2.04 bits per heavy atom. The van der Waals surface area contributed by atoms with E-state index in [0.717, 1.165) is 41.9 Å². The molecule has 5 heteroatoms. The van der Waals surface area contributed by atoms with Gasteiger partial charge < -0.3 is 4.90 Å². The molecule has 1 fully saturated rings. The molecule has 3 heterocycles. The van der Waals surface area contributed by atoms with E-state index in [4.69, 9.17) is 4.98 Å². The van der Waals surface area contributed by atoms with Crippen LogP contribution in [-0.4, -0.2) is 33.9 Å². The summed E-state index contributed by atoms with van der Waals surface area (Å²) in [7, 11) is 0. The maximum atomic E-state index is 13.6. The van der Waals surface area contributed by atoms with E-state index in [1.807, 2.05) is 41.3 Å². The van der Waals surface area contributed by atoms with Crippen LogP contribution in [-0.2, 0) is 11.2 Å². The van der Waals surface area contributed by atoms with E-state index in [1.54, 1.807) is 18.5 Å². The second-order valence-electron chi connectivity index (χ2n) is 7.17. The molecule has 2 aromatic heterocycles. The summed E-state index contributed by atoms with van der Waals surface area (Å²) in [6.45, 7) is 1.44. The van der Waals surface area contributed by atoms with Crippen molar-refractivity contribution in [2.45, 2.75) is 25.2 Å². The molecule has 1 amide bonds. The quantitative estimate of drug-likeness (QED) is 0.685. The lowest BCUT2D eigenvalue weighted by molar-refractivity contribution is -0.131. The van der Waals surface area contributed by atoms with Gasteiger partial charge in [0.2, 0.25) is 5.91 Å². The molecule has 0 bridgehead atoms. The Bertz CT molecular complexity index is 961. The van der Waals surface area contributed by atoms with Crippen LogP contribution < -0.4 is 0 Å². The van der Waals surface area contributed by atoms with Crippen molar-refractivity contribution in [3.63, 3.8) is 0 Å². The first kappa shape index (κ1) is 18.3. The number of carbonyl (C=O) groups is 1. The summed E-state index contributed by atoms with van der Waals surface area (Å²) in [5.41, 5.74) is 3.42. The number of pyridine rings is 2. The van der Waals surface area contributed by atoms with Crippen molar-refractivity contribution in [2.75, 3.05) is 13.1 Å². The standard InChI is InChI=1S/C23H22FN3O/c24-20-8-1-6-18(14-20)21-9-2-10-22(26-21)19-7-4-12-27(16-19)23(28)13-17-5-3-11-25-15-17/h1-3,5-6,8-11,14-15,19H,4,7,12-13,16H2/t19-/m0/s1. The lowest BCUT2D eigenvalue weighted by Crippen LogP contribution is -2.40. The van der Waals surface area contributed by atoms with E-state index < -0.39 is 0 Å². The van der Waals surface area contributed by atoms with Gasteiger partial charge in [-0.3, -0.25) is 14.8 Å². The van der Waals surface area contributed by atoms with Crippen LogP contribution in [0, 0.1) is 5.82 Å². The summed E-state index contributed by atoms with van der Waals surface area (Å²) >= 11 is 0. The Morgan fingerprint density at radius 3 is 2.86 bits per heavy atom. The average Bonchev–Trinajstić information content (AvgIpc) is 2.75. The topological polar surface area (TPSA) is 46.1 Å². The first-order valence-corrected chi connectivity index (χ1v) is 9.58. The highest BCUT2D eigenvalue weighted by molar-refractivity contribution is 5.78. The van der Waals surface area contributed by atoms with E-state index in [9.17, 15) is 9.18 Å². The molecule has 0 N–H and O–H groups in total. The molecule has 0 unspecified atom stereocenters. The normalized spacial score (nSPS) is 16.8. The van der Waals surface area contributed by atoms with Crippen molar-refractivity contribution in [3.05, 3.63) is 84.1 Å². The number of halogens is 1. The van der Waals surface area contributed by atoms with Gasteiger partial charge in [0.1, 0.15) is 5.82 Å². The maximum absolute atomic E-state index is 13.6.